The summed E-state index contributed by atoms with van der Waals surface area (Å²) in [6.07, 6.45) is 0. The number of anilines is 1. The van der Waals surface area contributed by atoms with Crippen molar-refractivity contribution in [3.05, 3.63) is 51.1 Å². The average molecular weight is 354 g/mol. The number of hydrogen-bond donors (Lipinski definition) is 2. The highest BCUT2D eigenvalue weighted by molar-refractivity contribution is 9.10. The van der Waals surface area contributed by atoms with E-state index in [0.29, 0.717) is 6.54 Å². The number of nitrogens with one attached hydrogen (secondary N) is 2. The summed E-state index contributed by atoms with van der Waals surface area (Å²) in [4.78, 5) is 14.7. The molecule has 0 aliphatic carbocycles. The molecule has 0 radical (unpaired) electrons. The molecule has 0 aliphatic heterocycles. The zero-order chi connectivity index (χ0) is 14.4. The lowest BCUT2D eigenvalue weighted by Gasteiger charge is -2.16. The zero-order valence-electron chi connectivity index (χ0n) is 11.4. The molecule has 0 spiro atoms. The lowest BCUT2D eigenvalue weighted by Crippen LogP contribution is -3.11. The van der Waals surface area contributed by atoms with Gasteiger partial charge in [0.25, 0.3) is 5.91 Å². The fourth-order valence-electron chi connectivity index (χ4n) is 1.96. The molecule has 3 nitrogen and oxygen atoms in total. The Morgan fingerprint density at radius 1 is 1.30 bits per heavy atom. The molecule has 0 fully saturated rings. The number of carbonyl (C=O) groups excluding carboxylic acids is 1. The molecule has 1 atom stereocenters. The van der Waals surface area contributed by atoms with Crippen molar-refractivity contribution in [3.63, 3.8) is 0 Å². The van der Waals surface area contributed by atoms with Gasteiger partial charge < -0.3 is 10.2 Å². The van der Waals surface area contributed by atoms with E-state index in [-0.39, 0.29) is 5.91 Å². The van der Waals surface area contributed by atoms with Crippen molar-refractivity contribution in [1.82, 2.24) is 0 Å². The number of para-hydroxylation sites is 1. The number of quaternary nitrogens is 1. The predicted molar refractivity (Wildman–Crippen MR) is 87.2 cm³/mol. The van der Waals surface area contributed by atoms with Gasteiger partial charge in [-0.15, -0.1) is 11.3 Å². The highest BCUT2D eigenvalue weighted by Crippen LogP contribution is 2.20. The maximum atomic E-state index is 12.1. The van der Waals surface area contributed by atoms with Crippen LogP contribution in [0.25, 0.3) is 0 Å². The minimum Gasteiger partial charge on any atom is -0.323 e. The van der Waals surface area contributed by atoms with Crippen LogP contribution >= 0.6 is 27.3 Å². The molecule has 2 aromatic rings. The molecule has 20 heavy (non-hydrogen) atoms. The molecule has 0 bridgehead atoms. The molecule has 1 amide bonds. The Balaban J connectivity index is 1.91. The van der Waals surface area contributed by atoms with Crippen molar-refractivity contribution >= 4 is 38.9 Å². The lowest BCUT2D eigenvalue weighted by molar-refractivity contribution is -0.903. The van der Waals surface area contributed by atoms with E-state index in [0.717, 1.165) is 23.2 Å². The van der Waals surface area contributed by atoms with Crippen molar-refractivity contribution in [2.24, 2.45) is 0 Å². The number of carbonyl (C=O) groups is 1. The third kappa shape index (κ3) is 4.44. The van der Waals surface area contributed by atoms with E-state index >= 15 is 0 Å². The van der Waals surface area contributed by atoms with E-state index in [2.05, 4.69) is 45.7 Å². The van der Waals surface area contributed by atoms with Crippen molar-refractivity contribution < 1.29 is 9.69 Å². The standard InChI is InChI=1S/C15H17BrN2OS/c1-2-18(10-12-6-5-9-20-12)11-15(19)17-14-8-4-3-7-13(14)16/h3-9H,2,10-11H2,1H3,(H,17,19)/p+1. The predicted octanol–water partition coefficient (Wildman–Crippen LogP) is 2.55. The van der Waals surface area contributed by atoms with E-state index in [1.54, 1.807) is 11.3 Å². The summed E-state index contributed by atoms with van der Waals surface area (Å²) in [5.74, 6) is 0.0466. The number of likely N-dealkylation sites (N-methyl/N-ethyl adjacent to an activating group) is 1. The van der Waals surface area contributed by atoms with Crippen molar-refractivity contribution in [3.8, 4) is 0 Å². The molecule has 5 heteroatoms. The summed E-state index contributed by atoms with van der Waals surface area (Å²) in [6.45, 7) is 4.42. The van der Waals surface area contributed by atoms with Crippen molar-refractivity contribution in [2.45, 2.75) is 13.5 Å². The van der Waals surface area contributed by atoms with E-state index < -0.39 is 0 Å². The first kappa shape index (κ1) is 15.2. The number of halogens is 1. The molecule has 106 valence electrons. The Bertz CT molecular complexity index is 557. The first-order valence-electron chi connectivity index (χ1n) is 6.59. The Morgan fingerprint density at radius 2 is 2.10 bits per heavy atom. The van der Waals surface area contributed by atoms with E-state index in [4.69, 9.17) is 0 Å². The Labute approximate surface area is 131 Å². The number of rotatable bonds is 6. The van der Waals surface area contributed by atoms with Gasteiger partial charge in [-0.2, -0.15) is 0 Å². The molecule has 1 aromatic heterocycles. The highest BCUT2D eigenvalue weighted by Gasteiger charge is 2.14. The quantitative estimate of drug-likeness (QED) is 0.821. The van der Waals surface area contributed by atoms with Gasteiger partial charge in [-0.3, -0.25) is 4.79 Å². The number of thiophene rings is 1. The Kier molecular flexibility index (Phi) is 5.76. The van der Waals surface area contributed by atoms with Crippen LogP contribution in [0.1, 0.15) is 11.8 Å². The summed E-state index contributed by atoms with van der Waals surface area (Å²) in [7, 11) is 0. The highest BCUT2D eigenvalue weighted by atomic mass is 79.9. The van der Waals surface area contributed by atoms with Crippen LogP contribution in [0, 0.1) is 0 Å². The zero-order valence-corrected chi connectivity index (χ0v) is 13.8. The average Bonchev–Trinajstić information content (AvgIpc) is 2.93. The third-order valence-electron chi connectivity index (χ3n) is 3.06. The minimum atomic E-state index is 0.0466. The Morgan fingerprint density at radius 3 is 2.75 bits per heavy atom. The molecular formula is C15H18BrN2OS+. The smallest absolute Gasteiger partial charge is 0.279 e. The number of amides is 1. The van der Waals surface area contributed by atoms with Gasteiger partial charge in [0, 0.05) is 4.47 Å². The van der Waals surface area contributed by atoms with Crippen LogP contribution in [0.4, 0.5) is 5.69 Å². The molecular weight excluding hydrogens is 336 g/mol. The minimum absolute atomic E-state index is 0.0466. The van der Waals surface area contributed by atoms with Crippen LogP contribution in [-0.2, 0) is 11.3 Å². The van der Waals surface area contributed by atoms with Gasteiger partial charge in [0.05, 0.1) is 17.1 Å². The summed E-state index contributed by atoms with van der Waals surface area (Å²) in [5, 5.41) is 5.02. The Hall–Kier alpha value is -1.17. The van der Waals surface area contributed by atoms with Crippen molar-refractivity contribution in [1.29, 1.82) is 0 Å². The second-order valence-corrected chi connectivity index (χ2v) is 6.45. The van der Waals surface area contributed by atoms with Crippen LogP contribution in [0.2, 0.25) is 0 Å². The first-order valence-corrected chi connectivity index (χ1v) is 8.26. The fraction of sp³-hybridized carbons (Fsp3) is 0.267. The molecule has 1 aromatic carbocycles. The fourth-order valence-corrected chi connectivity index (χ4v) is 3.12. The van der Waals surface area contributed by atoms with Gasteiger partial charge in [-0.05, 0) is 46.4 Å². The second kappa shape index (κ2) is 7.57. The van der Waals surface area contributed by atoms with Gasteiger partial charge in [0.1, 0.15) is 6.54 Å². The molecule has 2 N–H and O–H groups in total. The van der Waals surface area contributed by atoms with Crippen LogP contribution in [0.3, 0.4) is 0 Å². The monoisotopic (exact) mass is 353 g/mol. The van der Waals surface area contributed by atoms with Crippen LogP contribution in [0.5, 0.6) is 0 Å². The maximum Gasteiger partial charge on any atom is 0.279 e. The number of benzene rings is 1. The molecule has 1 heterocycles. The maximum absolute atomic E-state index is 12.1. The van der Waals surface area contributed by atoms with E-state index in [9.17, 15) is 4.79 Å². The largest absolute Gasteiger partial charge is 0.323 e. The van der Waals surface area contributed by atoms with Crippen LogP contribution < -0.4 is 10.2 Å². The second-order valence-electron chi connectivity index (χ2n) is 4.56. The van der Waals surface area contributed by atoms with Gasteiger partial charge in [-0.1, -0.05) is 18.2 Å². The molecule has 2 rings (SSSR count). The normalized spacial score (nSPS) is 12.1. The van der Waals surface area contributed by atoms with Gasteiger partial charge in [0.2, 0.25) is 0 Å². The summed E-state index contributed by atoms with van der Waals surface area (Å²) in [5.41, 5.74) is 0.823. The van der Waals surface area contributed by atoms with Crippen LogP contribution in [0.15, 0.2) is 46.3 Å². The summed E-state index contributed by atoms with van der Waals surface area (Å²) in [6, 6.07) is 11.8. The molecule has 1 unspecified atom stereocenters. The molecule has 0 aliphatic rings. The lowest BCUT2D eigenvalue weighted by atomic mass is 10.3. The van der Waals surface area contributed by atoms with E-state index in [1.807, 2.05) is 24.3 Å². The first-order chi connectivity index (χ1) is 9.69. The summed E-state index contributed by atoms with van der Waals surface area (Å²) < 4.78 is 0.907. The number of hydrogen-bond acceptors (Lipinski definition) is 2. The van der Waals surface area contributed by atoms with Crippen molar-refractivity contribution in [2.75, 3.05) is 18.4 Å². The molecule has 0 saturated heterocycles. The third-order valence-corrected chi connectivity index (χ3v) is 4.63. The SMILES string of the molecule is CC[NH+](CC(=O)Nc1ccccc1Br)Cc1cccs1. The van der Waals surface area contributed by atoms with Crippen LogP contribution in [-0.4, -0.2) is 19.0 Å². The topological polar surface area (TPSA) is 33.5 Å². The molecule has 0 saturated carbocycles. The van der Waals surface area contributed by atoms with Gasteiger partial charge in [-0.25, -0.2) is 0 Å². The van der Waals surface area contributed by atoms with Gasteiger partial charge in [0.15, 0.2) is 6.54 Å². The van der Waals surface area contributed by atoms with Gasteiger partial charge >= 0.3 is 0 Å². The van der Waals surface area contributed by atoms with E-state index in [1.165, 1.54) is 9.78 Å². The summed E-state index contributed by atoms with van der Waals surface area (Å²) >= 11 is 5.18.